The van der Waals surface area contributed by atoms with E-state index in [4.69, 9.17) is 9.47 Å². The second kappa shape index (κ2) is 8.36. The first-order valence-corrected chi connectivity index (χ1v) is 10.1. The molecule has 6 atom stereocenters. The Balaban J connectivity index is 1.94. The van der Waals surface area contributed by atoms with Crippen molar-refractivity contribution in [3.8, 4) is 0 Å². The number of carbonyl (C=O) groups excluding carboxylic acids is 1. The third-order valence-corrected chi connectivity index (χ3v) is 6.54. The molecule has 2 rings (SSSR count). The van der Waals surface area contributed by atoms with E-state index in [2.05, 4.69) is 20.8 Å². The molecule has 2 heterocycles. The number of ether oxygens (including phenoxy) is 2. The molecule has 0 amide bonds. The second-order valence-electron chi connectivity index (χ2n) is 7.94. The Morgan fingerprint density at radius 3 is 2.40 bits per heavy atom. The number of hydrogen-bond donors (Lipinski definition) is 2. The van der Waals surface area contributed by atoms with E-state index in [9.17, 15) is 15.0 Å². The van der Waals surface area contributed by atoms with E-state index in [1.54, 1.807) is 0 Å². The van der Waals surface area contributed by atoms with Crippen LogP contribution in [0.5, 0.6) is 0 Å². The summed E-state index contributed by atoms with van der Waals surface area (Å²) in [5.41, 5.74) is -0.664. The molecule has 5 heteroatoms. The van der Waals surface area contributed by atoms with Gasteiger partial charge in [0.1, 0.15) is 11.7 Å². The van der Waals surface area contributed by atoms with E-state index in [1.807, 2.05) is 6.92 Å². The largest absolute Gasteiger partial charge is 0.456 e. The van der Waals surface area contributed by atoms with Gasteiger partial charge >= 0.3 is 5.97 Å². The maximum Gasteiger partial charge on any atom is 0.309 e. The quantitative estimate of drug-likeness (QED) is 0.587. The Morgan fingerprint density at radius 2 is 1.88 bits per heavy atom. The molecule has 2 saturated heterocycles. The molecule has 5 nitrogen and oxygen atoms in total. The van der Waals surface area contributed by atoms with Gasteiger partial charge in [0.2, 0.25) is 0 Å². The van der Waals surface area contributed by atoms with Gasteiger partial charge in [-0.05, 0) is 38.0 Å². The number of carbonyl (C=O) groups is 1. The lowest BCUT2D eigenvalue weighted by Gasteiger charge is -2.31. The van der Waals surface area contributed by atoms with E-state index in [-0.39, 0.29) is 23.6 Å². The lowest BCUT2D eigenvalue weighted by molar-refractivity contribution is -0.149. The summed E-state index contributed by atoms with van der Waals surface area (Å²) >= 11 is 0. The minimum Gasteiger partial charge on any atom is -0.456 e. The van der Waals surface area contributed by atoms with Gasteiger partial charge in [-0.25, -0.2) is 0 Å². The molecule has 25 heavy (non-hydrogen) atoms. The molecule has 2 N–H and O–H groups in total. The fourth-order valence-electron chi connectivity index (χ4n) is 4.67. The molecule has 2 fully saturated rings. The molecule has 0 unspecified atom stereocenters. The molecule has 0 aromatic carbocycles. The third-order valence-electron chi connectivity index (χ3n) is 6.54. The highest BCUT2D eigenvalue weighted by atomic mass is 16.6. The molecule has 0 bridgehead atoms. The highest BCUT2D eigenvalue weighted by Crippen LogP contribution is 2.51. The van der Waals surface area contributed by atoms with Crippen molar-refractivity contribution in [3.05, 3.63) is 0 Å². The van der Waals surface area contributed by atoms with E-state index in [1.165, 1.54) is 0 Å². The van der Waals surface area contributed by atoms with Crippen LogP contribution in [-0.4, -0.2) is 45.7 Å². The summed E-state index contributed by atoms with van der Waals surface area (Å²) in [5.74, 6) is -0.0259. The zero-order valence-corrected chi connectivity index (χ0v) is 16.3. The van der Waals surface area contributed by atoms with Crippen LogP contribution in [0.1, 0.15) is 85.5 Å². The fraction of sp³-hybridized carbons (Fsp3) is 0.950. The number of hydrogen-bond acceptors (Lipinski definition) is 5. The van der Waals surface area contributed by atoms with E-state index < -0.39 is 17.8 Å². The minimum absolute atomic E-state index is 0.112. The van der Waals surface area contributed by atoms with E-state index in [0.29, 0.717) is 12.8 Å². The predicted octanol–water partition coefficient (Wildman–Crippen LogP) is 3.35. The zero-order chi connectivity index (χ0) is 18.7. The van der Waals surface area contributed by atoms with Gasteiger partial charge in [0.25, 0.3) is 0 Å². The summed E-state index contributed by atoms with van der Waals surface area (Å²) < 4.78 is 12.0. The van der Waals surface area contributed by atoms with Crippen molar-refractivity contribution in [3.63, 3.8) is 0 Å². The Bertz CT molecular complexity index is 453. The van der Waals surface area contributed by atoms with Crippen LogP contribution < -0.4 is 0 Å². The lowest BCUT2D eigenvalue weighted by atomic mass is 9.80. The lowest BCUT2D eigenvalue weighted by Crippen LogP contribution is -2.36. The fourth-order valence-corrected chi connectivity index (χ4v) is 4.67. The van der Waals surface area contributed by atoms with E-state index in [0.717, 1.165) is 44.9 Å². The van der Waals surface area contributed by atoms with Crippen molar-refractivity contribution < 1.29 is 24.5 Å². The standard InChI is InChI=1S/C20H36O5/c1-5-14(18(23)15(21)6-2)10-9-11-19(7-3)13-20(8-4)16(24-19)12-17(22)25-20/h14-16,18,21,23H,5-13H2,1-4H3/t14-,15-,16-,18-,19-,20-/m0/s1. The molecule has 2 aliphatic heterocycles. The summed E-state index contributed by atoms with van der Waals surface area (Å²) in [7, 11) is 0. The van der Waals surface area contributed by atoms with Crippen molar-refractivity contribution in [1.29, 1.82) is 0 Å². The number of rotatable bonds is 10. The van der Waals surface area contributed by atoms with Crippen LogP contribution in [0.15, 0.2) is 0 Å². The van der Waals surface area contributed by atoms with Gasteiger partial charge in [0.15, 0.2) is 0 Å². The molecular formula is C20H36O5. The van der Waals surface area contributed by atoms with Crippen LogP contribution in [0.2, 0.25) is 0 Å². The average Bonchev–Trinajstić information content (AvgIpc) is 3.07. The molecule has 0 aromatic rings. The monoisotopic (exact) mass is 356 g/mol. The molecule has 0 radical (unpaired) electrons. The summed E-state index contributed by atoms with van der Waals surface area (Å²) in [4.78, 5) is 11.7. The SMILES string of the molecule is CC[C@@H](CCC[C@@]1(CC)C[C@]2(CC)OC(=O)C[C@@H]2O1)[C@H](O)[C@@H](O)CC. The highest BCUT2D eigenvalue weighted by molar-refractivity contribution is 5.73. The smallest absolute Gasteiger partial charge is 0.309 e. The Morgan fingerprint density at radius 1 is 1.16 bits per heavy atom. The van der Waals surface area contributed by atoms with Crippen LogP contribution in [0.25, 0.3) is 0 Å². The topological polar surface area (TPSA) is 76.0 Å². The van der Waals surface area contributed by atoms with Crippen LogP contribution >= 0.6 is 0 Å². The minimum atomic E-state index is -0.653. The Hall–Kier alpha value is -0.650. The maximum atomic E-state index is 11.7. The number of fused-ring (bicyclic) bond motifs is 1. The molecule has 146 valence electrons. The first kappa shape index (κ1) is 20.7. The number of aliphatic hydroxyl groups is 2. The zero-order valence-electron chi connectivity index (χ0n) is 16.3. The molecule has 0 spiro atoms. The van der Waals surface area contributed by atoms with Crippen molar-refractivity contribution >= 4 is 5.97 Å². The van der Waals surface area contributed by atoms with Crippen molar-refractivity contribution in [2.45, 2.75) is 115 Å². The summed E-state index contributed by atoms with van der Waals surface area (Å²) in [6.07, 6.45) is 5.60. The first-order valence-electron chi connectivity index (χ1n) is 10.1. The number of esters is 1. The van der Waals surface area contributed by atoms with Crippen molar-refractivity contribution in [2.24, 2.45) is 5.92 Å². The normalized spacial score (nSPS) is 35.3. The third kappa shape index (κ3) is 4.20. The second-order valence-corrected chi connectivity index (χ2v) is 7.94. The Labute approximate surface area is 152 Å². The molecular weight excluding hydrogens is 320 g/mol. The summed E-state index contributed by atoms with van der Waals surface area (Å²) in [6.45, 7) is 8.16. The van der Waals surface area contributed by atoms with Crippen molar-refractivity contribution in [2.75, 3.05) is 0 Å². The average molecular weight is 357 g/mol. The number of aliphatic hydroxyl groups excluding tert-OH is 2. The molecule has 0 aromatic heterocycles. The van der Waals surface area contributed by atoms with Gasteiger partial charge in [-0.1, -0.05) is 40.5 Å². The van der Waals surface area contributed by atoms with Crippen LogP contribution in [-0.2, 0) is 14.3 Å². The van der Waals surface area contributed by atoms with Crippen LogP contribution in [0.3, 0.4) is 0 Å². The molecule has 0 saturated carbocycles. The van der Waals surface area contributed by atoms with Crippen molar-refractivity contribution in [1.82, 2.24) is 0 Å². The van der Waals surface area contributed by atoms with Gasteiger partial charge in [0.05, 0.1) is 24.2 Å². The summed E-state index contributed by atoms with van der Waals surface area (Å²) in [5, 5.41) is 20.2. The van der Waals surface area contributed by atoms with Crippen LogP contribution in [0.4, 0.5) is 0 Å². The molecule has 0 aliphatic carbocycles. The van der Waals surface area contributed by atoms with Gasteiger partial charge in [-0.2, -0.15) is 0 Å². The van der Waals surface area contributed by atoms with Gasteiger partial charge in [-0.15, -0.1) is 0 Å². The van der Waals surface area contributed by atoms with E-state index >= 15 is 0 Å². The highest BCUT2D eigenvalue weighted by Gasteiger charge is 2.60. The van der Waals surface area contributed by atoms with Gasteiger partial charge < -0.3 is 19.7 Å². The Kier molecular flexibility index (Phi) is 6.91. The first-order chi connectivity index (χ1) is 11.8. The molecule has 2 aliphatic rings. The van der Waals surface area contributed by atoms with Gasteiger partial charge in [-0.3, -0.25) is 4.79 Å². The van der Waals surface area contributed by atoms with Crippen LogP contribution in [0, 0.1) is 5.92 Å². The predicted molar refractivity (Wildman–Crippen MR) is 96.2 cm³/mol. The van der Waals surface area contributed by atoms with Gasteiger partial charge in [0, 0.05) is 6.42 Å². The maximum absolute atomic E-state index is 11.7. The summed E-state index contributed by atoms with van der Waals surface area (Å²) in [6, 6.07) is 0.